The average Bonchev–Trinajstić information content (AvgIpc) is 3.53. The van der Waals surface area contributed by atoms with Crippen molar-refractivity contribution < 1.29 is 23.0 Å². The van der Waals surface area contributed by atoms with E-state index < -0.39 is 18.7 Å². The van der Waals surface area contributed by atoms with E-state index in [2.05, 4.69) is 9.84 Å². The molecule has 0 radical (unpaired) electrons. The SMILES string of the molecule is Cc1ccc(N2N=C3C(=O)OCCN3C2c2cn(-c3ccccc3)nc2-c2ccc(OC(F)F)cc2)cc1. The summed E-state index contributed by atoms with van der Waals surface area (Å²) in [6.45, 7) is -0.224. The van der Waals surface area contributed by atoms with Crippen molar-refractivity contribution in [2.24, 2.45) is 5.10 Å². The number of nitrogens with zero attached hydrogens (tertiary/aromatic N) is 5. The van der Waals surface area contributed by atoms with Gasteiger partial charge in [0.25, 0.3) is 0 Å². The van der Waals surface area contributed by atoms with Gasteiger partial charge in [-0.05, 0) is 55.5 Å². The molecule has 1 atom stereocenters. The number of morpholine rings is 1. The number of hydrogen-bond donors (Lipinski definition) is 0. The molecule has 0 spiro atoms. The number of para-hydroxylation sites is 1. The van der Waals surface area contributed by atoms with Gasteiger partial charge in [-0.3, -0.25) is 0 Å². The quantitative estimate of drug-likeness (QED) is 0.331. The Balaban J connectivity index is 1.50. The van der Waals surface area contributed by atoms with E-state index >= 15 is 0 Å². The number of benzene rings is 3. The maximum atomic E-state index is 12.7. The molecule has 0 bridgehead atoms. The summed E-state index contributed by atoms with van der Waals surface area (Å²) >= 11 is 0. The van der Waals surface area contributed by atoms with Gasteiger partial charge < -0.3 is 14.4 Å². The Hall–Kier alpha value is -4.73. The summed E-state index contributed by atoms with van der Waals surface area (Å²) < 4.78 is 37.0. The second-order valence-electron chi connectivity index (χ2n) is 8.92. The maximum Gasteiger partial charge on any atom is 0.387 e. The molecule has 4 aromatic rings. The highest BCUT2D eigenvalue weighted by Gasteiger charge is 2.44. The number of rotatable bonds is 6. The van der Waals surface area contributed by atoms with Crippen LogP contribution in [0.2, 0.25) is 0 Å². The summed E-state index contributed by atoms with van der Waals surface area (Å²) in [5.41, 5.74) is 4.85. The van der Waals surface area contributed by atoms with Crippen molar-refractivity contribution >= 4 is 17.5 Å². The number of hydrogen-bond acceptors (Lipinski definition) is 7. The van der Waals surface area contributed by atoms with E-state index in [1.54, 1.807) is 21.8 Å². The summed E-state index contributed by atoms with van der Waals surface area (Å²) in [6, 6.07) is 23.9. The van der Waals surface area contributed by atoms with Crippen molar-refractivity contribution in [1.82, 2.24) is 14.7 Å². The summed E-state index contributed by atoms with van der Waals surface area (Å²) in [4.78, 5) is 14.6. The lowest BCUT2D eigenvalue weighted by Crippen LogP contribution is -2.45. The minimum Gasteiger partial charge on any atom is -0.458 e. The van der Waals surface area contributed by atoms with E-state index in [0.717, 1.165) is 22.5 Å². The smallest absolute Gasteiger partial charge is 0.387 e. The Morgan fingerprint density at radius 2 is 1.71 bits per heavy atom. The summed E-state index contributed by atoms with van der Waals surface area (Å²) in [5, 5.41) is 11.4. The molecule has 10 heteroatoms. The van der Waals surface area contributed by atoms with Crippen LogP contribution >= 0.6 is 0 Å². The van der Waals surface area contributed by atoms with E-state index in [9.17, 15) is 13.6 Å². The predicted octanol–water partition coefficient (Wildman–Crippen LogP) is 5.14. The van der Waals surface area contributed by atoms with Crippen LogP contribution in [0, 0.1) is 6.92 Å². The van der Waals surface area contributed by atoms with Crippen molar-refractivity contribution in [3.05, 3.63) is 96.2 Å². The topological polar surface area (TPSA) is 72.2 Å². The number of aromatic nitrogens is 2. The van der Waals surface area contributed by atoms with Crippen molar-refractivity contribution in [3.63, 3.8) is 0 Å². The molecule has 0 N–H and O–H groups in total. The molecule has 1 unspecified atom stereocenters. The van der Waals surface area contributed by atoms with Crippen molar-refractivity contribution in [3.8, 4) is 22.7 Å². The lowest BCUT2D eigenvalue weighted by atomic mass is 10.0. The Kier molecular flexibility index (Phi) is 5.99. The van der Waals surface area contributed by atoms with E-state index in [0.29, 0.717) is 17.8 Å². The molecule has 0 amide bonds. The highest BCUT2D eigenvalue weighted by atomic mass is 19.3. The first-order valence-corrected chi connectivity index (χ1v) is 12.1. The van der Waals surface area contributed by atoms with Gasteiger partial charge in [0.15, 0.2) is 6.17 Å². The van der Waals surface area contributed by atoms with E-state index in [4.69, 9.17) is 9.84 Å². The molecular formula is C28H23F2N5O3. The third-order valence-electron chi connectivity index (χ3n) is 6.44. The maximum absolute atomic E-state index is 12.7. The van der Waals surface area contributed by atoms with E-state index in [1.165, 1.54) is 12.1 Å². The molecule has 0 saturated carbocycles. The van der Waals surface area contributed by atoms with Crippen LogP contribution in [0.3, 0.4) is 0 Å². The first-order valence-electron chi connectivity index (χ1n) is 12.1. The van der Waals surface area contributed by atoms with E-state index in [1.807, 2.05) is 72.6 Å². The zero-order valence-electron chi connectivity index (χ0n) is 20.4. The van der Waals surface area contributed by atoms with Crippen LogP contribution in [0.4, 0.5) is 14.5 Å². The van der Waals surface area contributed by atoms with Gasteiger partial charge in [-0.1, -0.05) is 35.9 Å². The van der Waals surface area contributed by atoms with Gasteiger partial charge in [0.05, 0.1) is 23.6 Å². The number of anilines is 1. The van der Waals surface area contributed by atoms with Crippen LogP contribution in [0.25, 0.3) is 16.9 Å². The highest BCUT2D eigenvalue weighted by Crippen LogP contribution is 2.41. The largest absolute Gasteiger partial charge is 0.458 e. The zero-order chi connectivity index (χ0) is 26.2. The number of carbonyl (C=O) groups is 1. The predicted molar refractivity (Wildman–Crippen MR) is 137 cm³/mol. The van der Waals surface area contributed by atoms with Crippen LogP contribution in [0.1, 0.15) is 17.3 Å². The molecule has 2 aliphatic rings. The molecule has 0 aliphatic carbocycles. The average molecular weight is 516 g/mol. The molecule has 6 rings (SSSR count). The van der Waals surface area contributed by atoms with E-state index in [-0.39, 0.29) is 18.2 Å². The third kappa shape index (κ3) is 4.34. The number of ether oxygens (including phenoxy) is 2. The summed E-state index contributed by atoms with van der Waals surface area (Å²) in [5.74, 6) is -0.207. The van der Waals surface area contributed by atoms with Gasteiger partial charge in [0, 0.05) is 17.3 Å². The van der Waals surface area contributed by atoms with Crippen LogP contribution in [-0.4, -0.2) is 46.2 Å². The van der Waals surface area contributed by atoms with Crippen LogP contribution in [0.15, 0.2) is 90.2 Å². The van der Waals surface area contributed by atoms with Crippen molar-refractivity contribution in [1.29, 1.82) is 0 Å². The number of halogens is 2. The minimum atomic E-state index is -2.91. The molecule has 3 aromatic carbocycles. The normalized spacial score (nSPS) is 16.9. The first kappa shape index (κ1) is 23.7. The molecule has 3 heterocycles. The molecule has 192 valence electrons. The molecule has 38 heavy (non-hydrogen) atoms. The third-order valence-corrected chi connectivity index (χ3v) is 6.44. The minimum absolute atomic E-state index is 0.0549. The second kappa shape index (κ2) is 9.62. The fraction of sp³-hybridized carbons (Fsp3) is 0.179. The van der Waals surface area contributed by atoms with Gasteiger partial charge in [0.1, 0.15) is 12.4 Å². The standard InChI is InChI=1S/C28H23F2N5O3/c1-18-7-11-21(12-8-18)35-26(33-15-16-37-27(36)25(33)32-35)23-17-34(20-5-3-2-4-6-20)31-24(23)19-9-13-22(14-10-19)38-28(29)30/h2-14,17,26,28H,15-16H2,1H3. The molecule has 1 saturated heterocycles. The molecule has 1 fully saturated rings. The highest BCUT2D eigenvalue weighted by molar-refractivity contribution is 6.36. The fourth-order valence-corrected chi connectivity index (χ4v) is 4.65. The summed E-state index contributed by atoms with van der Waals surface area (Å²) in [7, 11) is 0. The van der Waals surface area contributed by atoms with Crippen molar-refractivity contribution in [2.45, 2.75) is 19.7 Å². The number of amidine groups is 1. The molecule has 2 aliphatic heterocycles. The number of cyclic esters (lactones) is 1. The second-order valence-corrected chi connectivity index (χ2v) is 8.92. The van der Waals surface area contributed by atoms with Gasteiger partial charge in [0.2, 0.25) is 5.84 Å². The lowest BCUT2D eigenvalue weighted by molar-refractivity contribution is -0.139. The molecule has 8 nitrogen and oxygen atoms in total. The number of carbonyl (C=O) groups excluding carboxylic acids is 1. The Morgan fingerprint density at radius 1 is 0.974 bits per heavy atom. The molecule has 1 aromatic heterocycles. The number of aryl methyl sites for hydroxylation is 1. The van der Waals surface area contributed by atoms with Crippen LogP contribution < -0.4 is 9.75 Å². The lowest BCUT2D eigenvalue weighted by Gasteiger charge is -2.33. The fourth-order valence-electron chi connectivity index (χ4n) is 4.65. The number of fused-ring (bicyclic) bond motifs is 1. The monoisotopic (exact) mass is 515 g/mol. The summed E-state index contributed by atoms with van der Waals surface area (Å²) in [6.07, 6.45) is 1.42. The van der Waals surface area contributed by atoms with Gasteiger partial charge in [-0.15, -0.1) is 5.10 Å². The van der Waals surface area contributed by atoms with Gasteiger partial charge in [-0.25, -0.2) is 14.5 Å². The zero-order valence-corrected chi connectivity index (χ0v) is 20.4. The first-order chi connectivity index (χ1) is 18.5. The Bertz CT molecular complexity index is 1490. The van der Waals surface area contributed by atoms with Crippen LogP contribution in [0.5, 0.6) is 5.75 Å². The number of hydrazone groups is 1. The van der Waals surface area contributed by atoms with Gasteiger partial charge >= 0.3 is 12.6 Å². The number of alkyl halides is 2. The van der Waals surface area contributed by atoms with Crippen molar-refractivity contribution in [2.75, 3.05) is 18.2 Å². The van der Waals surface area contributed by atoms with Gasteiger partial charge in [-0.2, -0.15) is 13.9 Å². The van der Waals surface area contributed by atoms with Crippen LogP contribution in [-0.2, 0) is 9.53 Å². The molecular weight excluding hydrogens is 492 g/mol. The number of esters is 1. The Morgan fingerprint density at radius 3 is 2.42 bits per heavy atom. The Labute approximate surface area is 217 Å².